The van der Waals surface area contributed by atoms with Crippen molar-refractivity contribution in [2.75, 3.05) is 0 Å². The molecule has 1 fully saturated rings. The van der Waals surface area contributed by atoms with Crippen LogP contribution in [0.15, 0.2) is 48.9 Å². The molecule has 0 amide bonds. The standard InChI is InChI=1S/C20H18F3N3O/c21-16-2-1-12-10-24-7-6-14(12)15(16)11-26-17-3-4-19(17)27-13-5-8-25-18(9-13)20(22)23/h1-2,5-10,17,19-20,26H,3-4,11H2/t17-,19-/m1/s1. The third kappa shape index (κ3) is 3.73. The van der Waals surface area contributed by atoms with Crippen molar-refractivity contribution in [2.45, 2.75) is 38.0 Å². The molecule has 4 nitrogen and oxygen atoms in total. The first-order valence-corrected chi connectivity index (χ1v) is 8.77. The Morgan fingerprint density at radius 3 is 2.81 bits per heavy atom. The molecule has 1 saturated carbocycles. The minimum Gasteiger partial charge on any atom is -0.489 e. The molecule has 0 unspecified atom stereocenters. The normalized spacial score (nSPS) is 19.3. The number of rotatable bonds is 6. The van der Waals surface area contributed by atoms with Crippen LogP contribution in [0.1, 0.15) is 30.5 Å². The van der Waals surface area contributed by atoms with Crippen molar-refractivity contribution in [1.29, 1.82) is 0 Å². The van der Waals surface area contributed by atoms with Crippen molar-refractivity contribution in [3.05, 3.63) is 66.0 Å². The summed E-state index contributed by atoms with van der Waals surface area (Å²) in [4.78, 5) is 7.69. The minimum atomic E-state index is -2.63. The Bertz CT molecular complexity index is 951. The van der Waals surface area contributed by atoms with E-state index in [1.807, 2.05) is 0 Å². The molecule has 1 aromatic carbocycles. The van der Waals surface area contributed by atoms with Crippen LogP contribution in [0.4, 0.5) is 13.2 Å². The number of fused-ring (bicyclic) bond motifs is 1. The van der Waals surface area contributed by atoms with Crippen molar-refractivity contribution in [2.24, 2.45) is 0 Å². The van der Waals surface area contributed by atoms with Gasteiger partial charge in [0.25, 0.3) is 6.43 Å². The molecule has 2 atom stereocenters. The molecule has 3 aromatic rings. The van der Waals surface area contributed by atoms with E-state index in [9.17, 15) is 13.2 Å². The van der Waals surface area contributed by atoms with E-state index in [0.29, 0.717) is 17.9 Å². The second-order valence-corrected chi connectivity index (χ2v) is 6.56. The second-order valence-electron chi connectivity index (χ2n) is 6.56. The summed E-state index contributed by atoms with van der Waals surface area (Å²) in [6, 6.07) is 7.81. The molecule has 0 bridgehead atoms. The highest BCUT2D eigenvalue weighted by Crippen LogP contribution is 2.29. The Balaban J connectivity index is 1.43. The molecular formula is C20H18F3N3O. The van der Waals surface area contributed by atoms with Gasteiger partial charge in [0.05, 0.1) is 0 Å². The Morgan fingerprint density at radius 2 is 2.04 bits per heavy atom. The second kappa shape index (κ2) is 7.52. The summed E-state index contributed by atoms with van der Waals surface area (Å²) in [5, 5.41) is 5.03. The molecule has 0 aliphatic heterocycles. The van der Waals surface area contributed by atoms with Crippen LogP contribution in [0, 0.1) is 5.82 Å². The first kappa shape index (κ1) is 17.7. The zero-order chi connectivity index (χ0) is 18.8. The molecular weight excluding hydrogens is 355 g/mol. The molecule has 4 rings (SSSR count). The molecule has 0 radical (unpaired) electrons. The summed E-state index contributed by atoms with van der Waals surface area (Å²) in [6.45, 7) is 0.357. The molecule has 7 heteroatoms. The van der Waals surface area contributed by atoms with Crippen molar-refractivity contribution < 1.29 is 17.9 Å². The van der Waals surface area contributed by atoms with E-state index >= 15 is 0 Å². The average molecular weight is 373 g/mol. The number of aromatic nitrogens is 2. The van der Waals surface area contributed by atoms with Crippen molar-refractivity contribution in [3.8, 4) is 5.75 Å². The Morgan fingerprint density at radius 1 is 1.15 bits per heavy atom. The largest absolute Gasteiger partial charge is 0.489 e. The van der Waals surface area contributed by atoms with Crippen molar-refractivity contribution >= 4 is 10.8 Å². The molecule has 0 spiro atoms. The smallest absolute Gasteiger partial charge is 0.280 e. The fourth-order valence-corrected chi connectivity index (χ4v) is 3.26. The number of hydrogen-bond acceptors (Lipinski definition) is 4. The Kier molecular flexibility index (Phi) is 4.94. The number of hydrogen-bond donors (Lipinski definition) is 1. The molecule has 0 saturated heterocycles. The van der Waals surface area contributed by atoms with E-state index in [1.165, 1.54) is 18.3 Å². The third-order valence-corrected chi connectivity index (χ3v) is 4.89. The lowest BCUT2D eigenvalue weighted by molar-refractivity contribution is 0.0708. The van der Waals surface area contributed by atoms with E-state index in [2.05, 4.69) is 15.3 Å². The predicted molar refractivity (Wildman–Crippen MR) is 95.2 cm³/mol. The SMILES string of the molecule is Fc1ccc2cnccc2c1CN[C@@H]1CC[C@H]1Oc1ccnc(C(F)F)c1. The molecule has 27 heavy (non-hydrogen) atoms. The number of nitrogens with one attached hydrogen (secondary N) is 1. The lowest BCUT2D eigenvalue weighted by Gasteiger charge is -2.37. The predicted octanol–water partition coefficient (Wildman–Crippen LogP) is 4.41. The lowest BCUT2D eigenvalue weighted by Crippen LogP contribution is -2.50. The summed E-state index contributed by atoms with van der Waals surface area (Å²) >= 11 is 0. The van der Waals surface area contributed by atoms with E-state index in [-0.39, 0.29) is 23.7 Å². The van der Waals surface area contributed by atoms with Gasteiger partial charge in [0.1, 0.15) is 23.4 Å². The van der Waals surface area contributed by atoms with Crippen LogP contribution in [0.25, 0.3) is 10.8 Å². The van der Waals surface area contributed by atoms with Crippen molar-refractivity contribution in [3.63, 3.8) is 0 Å². The Hall–Kier alpha value is -2.67. The van der Waals surface area contributed by atoms with Crippen LogP contribution in [-0.4, -0.2) is 22.1 Å². The van der Waals surface area contributed by atoms with Gasteiger partial charge < -0.3 is 10.1 Å². The van der Waals surface area contributed by atoms with Crippen LogP contribution in [0.2, 0.25) is 0 Å². The fourth-order valence-electron chi connectivity index (χ4n) is 3.26. The van der Waals surface area contributed by atoms with E-state index < -0.39 is 6.43 Å². The van der Waals surface area contributed by atoms with Gasteiger partial charge in [-0.1, -0.05) is 0 Å². The molecule has 140 valence electrons. The zero-order valence-electron chi connectivity index (χ0n) is 14.4. The van der Waals surface area contributed by atoms with Gasteiger partial charge in [0, 0.05) is 48.2 Å². The van der Waals surface area contributed by atoms with Gasteiger partial charge in [-0.05, 0) is 42.5 Å². The summed E-state index contributed by atoms with van der Waals surface area (Å²) in [7, 11) is 0. The Labute approximate surface area is 154 Å². The summed E-state index contributed by atoms with van der Waals surface area (Å²) in [5.74, 6) is 0.105. The van der Waals surface area contributed by atoms with E-state index in [1.54, 1.807) is 30.6 Å². The molecule has 2 aromatic heterocycles. The van der Waals surface area contributed by atoms with Gasteiger partial charge in [-0.2, -0.15) is 0 Å². The number of benzene rings is 1. The van der Waals surface area contributed by atoms with E-state index in [4.69, 9.17) is 4.74 Å². The molecule has 1 aliphatic rings. The molecule has 2 heterocycles. The zero-order valence-corrected chi connectivity index (χ0v) is 14.4. The highest BCUT2D eigenvalue weighted by Gasteiger charge is 2.32. The lowest BCUT2D eigenvalue weighted by atomic mass is 9.88. The number of pyridine rings is 2. The quantitative estimate of drug-likeness (QED) is 0.695. The first-order valence-electron chi connectivity index (χ1n) is 8.77. The number of ether oxygens (including phenoxy) is 1. The minimum absolute atomic E-state index is 0.0321. The van der Waals surface area contributed by atoms with Gasteiger partial charge in [-0.3, -0.25) is 9.97 Å². The number of alkyl halides is 2. The summed E-state index contributed by atoms with van der Waals surface area (Å²) in [6.07, 6.45) is 3.59. The summed E-state index contributed by atoms with van der Waals surface area (Å²) < 4.78 is 45.6. The van der Waals surface area contributed by atoms with Gasteiger partial charge in [-0.15, -0.1) is 0 Å². The topological polar surface area (TPSA) is 47.0 Å². The number of nitrogens with zero attached hydrogens (tertiary/aromatic N) is 2. The summed E-state index contributed by atoms with van der Waals surface area (Å²) in [5.41, 5.74) is 0.284. The maximum atomic E-state index is 14.3. The fraction of sp³-hybridized carbons (Fsp3) is 0.300. The van der Waals surface area contributed by atoms with Gasteiger partial charge in [-0.25, -0.2) is 13.2 Å². The van der Waals surface area contributed by atoms with Gasteiger partial charge >= 0.3 is 0 Å². The first-order chi connectivity index (χ1) is 13.1. The maximum Gasteiger partial charge on any atom is 0.280 e. The van der Waals surface area contributed by atoms with Crippen LogP contribution in [-0.2, 0) is 6.54 Å². The van der Waals surface area contributed by atoms with Crippen molar-refractivity contribution in [1.82, 2.24) is 15.3 Å². The average Bonchev–Trinajstić information content (AvgIpc) is 2.67. The van der Waals surface area contributed by atoms with Crippen LogP contribution in [0.5, 0.6) is 5.75 Å². The third-order valence-electron chi connectivity index (χ3n) is 4.89. The van der Waals surface area contributed by atoms with Gasteiger partial charge in [0.2, 0.25) is 0 Å². The van der Waals surface area contributed by atoms with Crippen LogP contribution in [0.3, 0.4) is 0 Å². The monoisotopic (exact) mass is 373 g/mol. The maximum absolute atomic E-state index is 14.3. The van der Waals surface area contributed by atoms with Crippen LogP contribution < -0.4 is 10.1 Å². The molecule has 1 N–H and O–H groups in total. The highest BCUT2D eigenvalue weighted by molar-refractivity contribution is 5.84. The van der Waals surface area contributed by atoms with Crippen LogP contribution >= 0.6 is 0 Å². The number of halogens is 3. The van der Waals surface area contributed by atoms with Gasteiger partial charge in [0.15, 0.2) is 0 Å². The highest BCUT2D eigenvalue weighted by atomic mass is 19.3. The molecule has 1 aliphatic carbocycles. The van der Waals surface area contributed by atoms with E-state index in [0.717, 1.165) is 23.6 Å².